The van der Waals surface area contributed by atoms with Crippen molar-refractivity contribution in [2.45, 2.75) is 38.2 Å². The van der Waals surface area contributed by atoms with Crippen LogP contribution in [0.5, 0.6) is 5.75 Å². The van der Waals surface area contributed by atoms with Crippen LogP contribution < -0.4 is 10.5 Å². The van der Waals surface area contributed by atoms with Crippen molar-refractivity contribution >= 4 is 0 Å². The minimum absolute atomic E-state index is 0.168. The predicted molar refractivity (Wildman–Crippen MR) is 76.3 cm³/mol. The van der Waals surface area contributed by atoms with Crippen molar-refractivity contribution in [1.82, 2.24) is 0 Å². The number of aliphatic hydroxyl groups is 2. The first-order chi connectivity index (χ1) is 9.07. The van der Waals surface area contributed by atoms with E-state index in [1.807, 2.05) is 24.3 Å². The van der Waals surface area contributed by atoms with Gasteiger partial charge in [-0.1, -0.05) is 12.1 Å². The Hall–Kier alpha value is -1.10. The first-order valence-corrected chi connectivity index (χ1v) is 6.82. The number of hydrogen-bond acceptors (Lipinski definition) is 4. The van der Waals surface area contributed by atoms with E-state index in [2.05, 4.69) is 0 Å². The van der Waals surface area contributed by atoms with Crippen LogP contribution >= 0.6 is 0 Å². The summed E-state index contributed by atoms with van der Waals surface area (Å²) in [5.41, 5.74) is 5.80. The number of benzene rings is 1. The van der Waals surface area contributed by atoms with Gasteiger partial charge in [0.05, 0.1) is 12.2 Å². The van der Waals surface area contributed by atoms with Gasteiger partial charge in [0.25, 0.3) is 0 Å². The lowest BCUT2D eigenvalue weighted by Crippen LogP contribution is -2.33. The fourth-order valence-corrected chi connectivity index (χ4v) is 1.78. The summed E-state index contributed by atoms with van der Waals surface area (Å²) in [6.45, 7) is 2.86. The molecule has 19 heavy (non-hydrogen) atoms. The fourth-order valence-electron chi connectivity index (χ4n) is 1.78. The number of unbranched alkanes of at least 4 members (excludes halogenated alkanes) is 1. The Labute approximate surface area is 115 Å². The van der Waals surface area contributed by atoms with Gasteiger partial charge >= 0.3 is 0 Å². The van der Waals surface area contributed by atoms with Crippen LogP contribution in [0.4, 0.5) is 0 Å². The van der Waals surface area contributed by atoms with E-state index in [4.69, 9.17) is 15.6 Å². The molecule has 0 radical (unpaired) electrons. The lowest BCUT2D eigenvalue weighted by atomic mass is 10.00. The molecule has 1 aromatic rings. The smallest absolute Gasteiger partial charge is 0.119 e. The van der Waals surface area contributed by atoms with Gasteiger partial charge in [0.1, 0.15) is 5.75 Å². The summed E-state index contributed by atoms with van der Waals surface area (Å²) in [5.74, 6) is 0.840. The van der Waals surface area contributed by atoms with E-state index in [0.717, 1.165) is 24.2 Å². The molecular weight excluding hydrogens is 242 g/mol. The quantitative estimate of drug-likeness (QED) is 0.592. The van der Waals surface area contributed by atoms with Crippen molar-refractivity contribution < 1.29 is 14.9 Å². The molecule has 0 fully saturated rings. The van der Waals surface area contributed by atoms with E-state index in [1.54, 1.807) is 6.92 Å². The Kier molecular flexibility index (Phi) is 6.84. The molecule has 0 spiro atoms. The maximum atomic E-state index is 9.73. The second-order valence-corrected chi connectivity index (χ2v) is 5.12. The Morgan fingerprint density at radius 1 is 1.21 bits per heavy atom. The van der Waals surface area contributed by atoms with E-state index in [9.17, 15) is 5.11 Å². The summed E-state index contributed by atoms with van der Waals surface area (Å²) in [6, 6.07) is 7.76. The maximum Gasteiger partial charge on any atom is 0.119 e. The van der Waals surface area contributed by atoms with Crippen molar-refractivity contribution in [1.29, 1.82) is 0 Å². The molecule has 1 aromatic carbocycles. The first kappa shape index (κ1) is 16.0. The molecule has 1 atom stereocenters. The Morgan fingerprint density at radius 3 is 2.47 bits per heavy atom. The minimum atomic E-state index is -0.758. The summed E-state index contributed by atoms with van der Waals surface area (Å²) in [4.78, 5) is 0. The molecule has 4 N–H and O–H groups in total. The molecular formula is C15H25NO3. The molecule has 0 amide bonds. The van der Waals surface area contributed by atoms with Gasteiger partial charge in [-0.25, -0.2) is 0 Å². The summed E-state index contributed by atoms with van der Waals surface area (Å²) in [5, 5.41) is 18.5. The largest absolute Gasteiger partial charge is 0.494 e. The van der Waals surface area contributed by atoms with Gasteiger partial charge in [-0.05, 0) is 50.3 Å². The molecule has 0 saturated carbocycles. The highest BCUT2D eigenvalue weighted by Gasteiger charge is 2.16. The summed E-state index contributed by atoms with van der Waals surface area (Å²) >= 11 is 0. The van der Waals surface area contributed by atoms with Gasteiger partial charge < -0.3 is 20.7 Å². The van der Waals surface area contributed by atoms with Crippen LogP contribution in [0.25, 0.3) is 0 Å². The zero-order valence-electron chi connectivity index (χ0n) is 11.6. The number of nitrogens with two attached hydrogens (primary N) is 1. The lowest BCUT2D eigenvalue weighted by Gasteiger charge is -2.20. The van der Waals surface area contributed by atoms with Crippen molar-refractivity contribution in [3.63, 3.8) is 0 Å². The molecule has 0 bridgehead atoms. The molecule has 0 aliphatic heterocycles. The van der Waals surface area contributed by atoms with Crippen LogP contribution in [-0.4, -0.2) is 35.6 Å². The van der Waals surface area contributed by atoms with Crippen LogP contribution in [0.1, 0.15) is 31.7 Å². The Balaban J connectivity index is 2.19. The zero-order valence-corrected chi connectivity index (χ0v) is 11.6. The van der Waals surface area contributed by atoms with Crippen LogP contribution in [0.15, 0.2) is 24.3 Å². The van der Waals surface area contributed by atoms with E-state index in [1.165, 1.54) is 0 Å². The van der Waals surface area contributed by atoms with Crippen LogP contribution in [0.3, 0.4) is 0 Å². The molecule has 108 valence electrons. The highest BCUT2D eigenvalue weighted by Crippen LogP contribution is 2.15. The standard InChI is InChI=1S/C15H25NO3/c1-15(18,12-16)9-2-3-11-19-14-6-4-13(5-7-14)8-10-17/h4-7,17-18H,2-3,8-12,16H2,1H3. The monoisotopic (exact) mass is 267 g/mol. The second-order valence-electron chi connectivity index (χ2n) is 5.12. The molecule has 4 heteroatoms. The Bertz CT molecular complexity index is 349. The van der Waals surface area contributed by atoms with Crippen LogP contribution in [0.2, 0.25) is 0 Å². The van der Waals surface area contributed by atoms with Gasteiger partial charge in [-0.15, -0.1) is 0 Å². The average molecular weight is 267 g/mol. The van der Waals surface area contributed by atoms with E-state index >= 15 is 0 Å². The zero-order chi connectivity index (χ0) is 14.1. The van der Waals surface area contributed by atoms with Gasteiger partial charge in [0.2, 0.25) is 0 Å². The number of hydrogen-bond donors (Lipinski definition) is 3. The summed E-state index contributed by atoms with van der Waals surface area (Å²) in [7, 11) is 0. The average Bonchev–Trinajstić information content (AvgIpc) is 2.40. The third kappa shape index (κ3) is 6.57. The van der Waals surface area contributed by atoms with Crippen molar-refractivity contribution in [2.24, 2.45) is 5.73 Å². The molecule has 0 aliphatic rings. The highest BCUT2D eigenvalue weighted by molar-refractivity contribution is 5.27. The van der Waals surface area contributed by atoms with Crippen molar-refractivity contribution in [3.8, 4) is 5.75 Å². The fraction of sp³-hybridized carbons (Fsp3) is 0.600. The topological polar surface area (TPSA) is 75.7 Å². The number of rotatable bonds is 9. The van der Waals surface area contributed by atoms with Gasteiger partial charge in [0.15, 0.2) is 0 Å². The minimum Gasteiger partial charge on any atom is -0.494 e. The maximum absolute atomic E-state index is 9.73. The third-order valence-corrected chi connectivity index (χ3v) is 3.14. The molecule has 0 aliphatic carbocycles. The van der Waals surface area contributed by atoms with Crippen LogP contribution in [-0.2, 0) is 6.42 Å². The third-order valence-electron chi connectivity index (χ3n) is 3.14. The first-order valence-electron chi connectivity index (χ1n) is 6.82. The number of ether oxygens (including phenoxy) is 1. The predicted octanol–water partition coefficient (Wildman–Crippen LogP) is 1.48. The van der Waals surface area contributed by atoms with Crippen LogP contribution in [0, 0.1) is 0 Å². The summed E-state index contributed by atoms with van der Waals surface area (Å²) < 4.78 is 5.61. The molecule has 1 rings (SSSR count). The van der Waals surface area contributed by atoms with Crippen molar-refractivity contribution in [3.05, 3.63) is 29.8 Å². The van der Waals surface area contributed by atoms with E-state index in [0.29, 0.717) is 26.0 Å². The number of aliphatic hydroxyl groups excluding tert-OH is 1. The van der Waals surface area contributed by atoms with Gasteiger partial charge in [-0.2, -0.15) is 0 Å². The highest BCUT2D eigenvalue weighted by atomic mass is 16.5. The normalized spacial score (nSPS) is 14.1. The molecule has 4 nitrogen and oxygen atoms in total. The van der Waals surface area contributed by atoms with Gasteiger partial charge in [0, 0.05) is 13.2 Å². The molecule has 0 heterocycles. The Morgan fingerprint density at radius 2 is 1.89 bits per heavy atom. The van der Waals surface area contributed by atoms with E-state index < -0.39 is 5.60 Å². The van der Waals surface area contributed by atoms with E-state index in [-0.39, 0.29) is 6.61 Å². The van der Waals surface area contributed by atoms with Gasteiger partial charge in [-0.3, -0.25) is 0 Å². The lowest BCUT2D eigenvalue weighted by molar-refractivity contribution is 0.0562. The second kappa shape index (κ2) is 8.15. The molecule has 0 aromatic heterocycles. The van der Waals surface area contributed by atoms with Crippen molar-refractivity contribution in [2.75, 3.05) is 19.8 Å². The SMILES string of the molecule is CC(O)(CN)CCCCOc1ccc(CCO)cc1. The molecule has 0 saturated heterocycles. The molecule has 1 unspecified atom stereocenters. The summed E-state index contributed by atoms with van der Waals surface area (Å²) in [6.07, 6.45) is 3.16.